The fraction of sp³-hybridized carbons (Fsp3) is 0.500. The molecule has 0 radical (unpaired) electrons. The minimum Gasteiger partial charge on any atom is -0.398 e. The minimum absolute atomic E-state index is 0.0535. The first kappa shape index (κ1) is 15.7. The van der Waals surface area contributed by atoms with Crippen LogP contribution in [0.2, 0.25) is 0 Å². The Labute approximate surface area is 125 Å². The van der Waals surface area contributed by atoms with Crippen molar-refractivity contribution in [3.8, 4) is 0 Å². The number of rotatable bonds is 4. The van der Waals surface area contributed by atoms with Gasteiger partial charge in [-0.05, 0) is 46.8 Å². The molecule has 0 spiro atoms. The molecular weight excluding hydrogens is 351 g/mol. The average molecular weight is 367 g/mol. The minimum atomic E-state index is -3.77. The lowest BCUT2D eigenvalue weighted by Gasteiger charge is -2.34. The molecule has 0 saturated heterocycles. The summed E-state index contributed by atoms with van der Waals surface area (Å²) in [6, 6.07) is 2.16. The monoisotopic (exact) mass is 366 g/mol. The van der Waals surface area contributed by atoms with Gasteiger partial charge in [-0.25, -0.2) is 17.1 Å². The molecule has 112 valence electrons. The molecule has 0 amide bonds. The highest BCUT2D eigenvalue weighted by Gasteiger charge is 2.32. The van der Waals surface area contributed by atoms with Gasteiger partial charge in [0, 0.05) is 13.6 Å². The van der Waals surface area contributed by atoms with Gasteiger partial charge in [-0.1, -0.05) is 0 Å². The molecule has 0 aliphatic heterocycles. The molecule has 20 heavy (non-hydrogen) atoms. The number of aliphatic hydroxyl groups excluding tert-OH is 1. The predicted octanol–water partition coefficient (Wildman–Crippen LogP) is 1.56. The SMILES string of the molecule is CN(CC1CC(O)C1)S(=O)(=O)c1cc(Br)c(F)cc1N. The summed E-state index contributed by atoms with van der Waals surface area (Å²) in [6.07, 6.45) is 0.867. The van der Waals surface area contributed by atoms with E-state index in [-0.39, 0.29) is 27.1 Å². The van der Waals surface area contributed by atoms with Crippen LogP contribution in [0.15, 0.2) is 21.5 Å². The molecule has 0 atom stereocenters. The normalized spacial score (nSPS) is 22.9. The number of nitrogens with zero attached hydrogens (tertiary/aromatic N) is 1. The van der Waals surface area contributed by atoms with Crippen molar-refractivity contribution in [1.82, 2.24) is 4.31 Å². The second kappa shape index (κ2) is 5.59. The van der Waals surface area contributed by atoms with Gasteiger partial charge in [0.15, 0.2) is 0 Å². The van der Waals surface area contributed by atoms with Gasteiger partial charge < -0.3 is 10.8 Å². The fourth-order valence-electron chi connectivity index (χ4n) is 2.25. The molecule has 3 N–H and O–H groups in total. The molecule has 0 unspecified atom stereocenters. The van der Waals surface area contributed by atoms with Gasteiger partial charge >= 0.3 is 0 Å². The molecule has 1 aliphatic carbocycles. The summed E-state index contributed by atoms with van der Waals surface area (Å²) in [5.74, 6) is -0.457. The highest BCUT2D eigenvalue weighted by molar-refractivity contribution is 9.10. The Morgan fingerprint density at radius 3 is 2.65 bits per heavy atom. The molecule has 1 saturated carbocycles. The number of anilines is 1. The van der Waals surface area contributed by atoms with Crippen molar-refractivity contribution in [2.45, 2.75) is 23.8 Å². The first-order valence-corrected chi connectivity index (χ1v) is 8.34. The van der Waals surface area contributed by atoms with Gasteiger partial charge in [0.2, 0.25) is 10.0 Å². The van der Waals surface area contributed by atoms with Gasteiger partial charge in [-0.3, -0.25) is 0 Å². The van der Waals surface area contributed by atoms with Crippen molar-refractivity contribution in [3.05, 3.63) is 22.4 Å². The molecule has 1 aromatic carbocycles. The Hall–Kier alpha value is -0.700. The van der Waals surface area contributed by atoms with Crippen LogP contribution in [0.4, 0.5) is 10.1 Å². The van der Waals surface area contributed by atoms with Gasteiger partial charge in [0.25, 0.3) is 0 Å². The highest BCUT2D eigenvalue weighted by atomic mass is 79.9. The third kappa shape index (κ3) is 2.98. The molecule has 5 nitrogen and oxygen atoms in total. The van der Waals surface area contributed by atoms with E-state index in [0.29, 0.717) is 19.4 Å². The molecule has 2 rings (SSSR count). The lowest BCUT2D eigenvalue weighted by Crippen LogP contribution is -2.39. The average Bonchev–Trinajstić information content (AvgIpc) is 2.31. The second-order valence-corrected chi connectivity index (χ2v) is 7.95. The standard InChI is InChI=1S/C12H16BrFN2O3S/c1-16(6-7-2-8(17)3-7)20(18,19)12-4-9(13)10(14)5-11(12)15/h4-5,7-8,17H,2-3,6,15H2,1H3. The van der Waals surface area contributed by atoms with Crippen LogP contribution in [0.5, 0.6) is 0 Å². The Kier molecular flexibility index (Phi) is 4.38. The lowest BCUT2D eigenvalue weighted by atomic mass is 9.82. The second-order valence-electron chi connectivity index (χ2n) is 5.08. The van der Waals surface area contributed by atoms with Crippen LogP contribution in [-0.2, 0) is 10.0 Å². The topological polar surface area (TPSA) is 83.6 Å². The highest BCUT2D eigenvalue weighted by Crippen LogP contribution is 2.31. The molecule has 1 fully saturated rings. The maximum Gasteiger partial charge on any atom is 0.244 e. The number of hydrogen-bond donors (Lipinski definition) is 2. The summed E-state index contributed by atoms with van der Waals surface area (Å²) in [5, 5.41) is 9.23. The summed E-state index contributed by atoms with van der Waals surface area (Å²) < 4.78 is 39.4. The van der Waals surface area contributed by atoms with E-state index in [2.05, 4.69) is 15.9 Å². The number of sulfonamides is 1. The van der Waals surface area contributed by atoms with E-state index < -0.39 is 15.8 Å². The third-order valence-electron chi connectivity index (χ3n) is 3.47. The van der Waals surface area contributed by atoms with E-state index in [4.69, 9.17) is 5.73 Å². The van der Waals surface area contributed by atoms with Gasteiger partial charge in [-0.2, -0.15) is 0 Å². The summed E-state index contributed by atoms with van der Waals surface area (Å²) in [4.78, 5) is -0.117. The summed E-state index contributed by atoms with van der Waals surface area (Å²) in [5.41, 5.74) is 5.49. The summed E-state index contributed by atoms with van der Waals surface area (Å²) in [7, 11) is -2.31. The maximum absolute atomic E-state index is 13.3. The smallest absolute Gasteiger partial charge is 0.244 e. The van der Waals surface area contributed by atoms with Gasteiger partial charge in [0.1, 0.15) is 10.7 Å². The van der Waals surface area contributed by atoms with E-state index >= 15 is 0 Å². The molecule has 1 aliphatic rings. The van der Waals surface area contributed by atoms with Crippen molar-refractivity contribution >= 4 is 31.6 Å². The molecular formula is C12H16BrFN2O3S. The Balaban J connectivity index is 2.23. The van der Waals surface area contributed by atoms with Crippen LogP contribution in [0.3, 0.4) is 0 Å². The zero-order chi connectivity index (χ0) is 15.1. The van der Waals surface area contributed by atoms with Crippen molar-refractivity contribution in [2.75, 3.05) is 19.3 Å². The van der Waals surface area contributed by atoms with E-state index in [1.807, 2.05) is 0 Å². The van der Waals surface area contributed by atoms with Crippen LogP contribution < -0.4 is 5.73 Å². The number of halogens is 2. The molecule has 1 aromatic rings. The van der Waals surface area contributed by atoms with Crippen molar-refractivity contribution in [1.29, 1.82) is 0 Å². The number of nitrogens with two attached hydrogens (primary N) is 1. The molecule has 0 bridgehead atoms. The van der Waals surface area contributed by atoms with E-state index in [1.165, 1.54) is 17.4 Å². The molecule has 0 aromatic heterocycles. The number of hydrogen-bond acceptors (Lipinski definition) is 4. The van der Waals surface area contributed by atoms with Crippen LogP contribution in [0, 0.1) is 11.7 Å². The van der Waals surface area contributed by atoms with E-state index in [1.54, 1.807) is 0 Å². The quantitative estimate of drug-likeness (QED) is 0.792. The molecule has 0 heterocycles. The fourth-order valence-corrected chi connectivity index (χ4v) is 4.11. The van der Waals surface area contributed by atoms with Crippen LogP contribution >= 0.6 is 15.9 Å². The predicted molar refractivity (Wildman–Crippen MR) is 77.1 cm³/mol. The van der Waals surface area contributed by atoms with Crippen molar-refractivity contribution in [2.24, 2.45) is 5.92 Å². The Bertz CT molecular complexity index is 617. The Morgan fingerprint density at radius 2 is 2.10 bits per heavy atom. The maximum atomic E-state index is 13.3. The third-order valence-corrected chi connectivity index (χ3v) is 5.95. The molecule has 8 heteroatoms. The zero-order valence-corrected chi connectivity index (χ0v) is 13.3. The number of benzene rings is 1. The van der Waals surface area contributed by atoms with E-state index in [9.17, 15) is 17.9 Å². The zero-order valence-electron chi connectivity index (χ0n) is 10.9. The van der Waals surface area contributed by atoms with Crippen LogP contribution in [-0.4, -0.2) is 37.5 Å². The van der Waals surface area contributed by atoms with Gasteiger partial charge in [0.05, 0.1) is 16.3 Å². The van der Waals surface area contributed by atoms with Crippen molar-refractivity contribution < 1.29 is 17.9 Å². The first-order chi connectivity index (χ1) is 9.21. The van der Waals surface area contributed by atoms with Crippen LogP contribution in [0.25, 0.3) is 0 Å². The first-order valence-electron chi connectivity index (χ1n) is 6.10. The van der Waals surface area contributed by atoms with Gasteiger partial charge in [-0.15, -0.1) is 0 Å². The number of nitrogen functional groups attached to an aromatic ring is 1. The Morgan fingerprint density at radius 1 is 1.50 bits per heavy atom. The summed E-state index contributed by atoms with van der Waals surface area (Å²) >= 11 is 2.96. The van der Waals surface area contributed by atoms with Crippen LogP contribution in [0.1, 0.15) is 12.8 Å². The van der Waals surface area contributed by atoms with E-state index in [0.717, 1.165) is 6.07 Å². The largest absolute Gasteiger partial charge is 0.398 e. The lowest BCUT2D eigenvalue weighted by molar-refractivity contribution is 0.0367. The summed E-state index contributed by atoms with van der Waals surface area (Å²) in [6.45, 7) is 0.313. The number of aliphatic hydroxyl groups is 1. The van der Waals surface area contributed by atoms with Crippen molar-refractivity contribution in [3.63, 3.8) is 0 Å².